The summed E-state index contributed by atoms with van der Waals surface area (Å²) in [5, 5.41) is 0. The third-order valence-corrected chi connectivity index (χ3v) is 6.14. The maximum absolute atomic E-state index is 2.52. The van der Waals surface area contributed by atoms with E-state index >= 15 is 0 Å². The Labute approximate surface area is 102 Å². The van der Waals surface area contributed by atoms with Gasteiger partial charge in [-0.25, -0.2) is 0 Å². The largest absolute Gasteiger partial charge is 0.0702 e. The van der Waals surface area contributed by atoms with Crippen LogP contribution in [0.2, 0.25) is 0 Å². The summed E-state index contributed by atoms with van der Waals surface area (Å²) in [5.74, 6) is 0.851. The summed E-state index contributed by atoms with van der Waals surface area (Å²) >= 11 is 0. The fourth-order valence-electron chi connectivity index (χ4n) is 4.29. The van der Waals surface area contributed by atoms with E-state index in [9.17, 15) is 0 Å². The molecule has 0 aromatic heterocycles. The molecule has 0 spiro atoms. The number of allylic oxidation sites excluding steroid dienone is 2. The Kier molecular flexibility index (Phi) is 2.97. The van der Waals surface area contributed by atoms with Crippen molar-refractivity contribution in [2.45, 2.75) is 73.1 Å². The van der Waals surface area contributed by atoms with E-state index in [0.717, 1.165) is 5.92 Å². The van der Waals surface area contributed by atoms with Crippen LogP contribution < -0.4 is 0 Å². The molecule has 2 rings (SSSR count). The zero-order valence-electron chi connectivity index (χ0n) is 11.8. The highest BCUT2D eigenvalue weighted by Gasteiger charge is 2.49. The molecule has 92 valence electrons. The Morgan fingerprint density at radius 1 is 1.12 bits per heavy atom. The summed E-state index contributed by atoms with van der Waals surface area (Å²) in [6.45, 7) is 12.4. The van der Waals surface area contributed by atoms with Crippen molar-refractivity contribution in [1.29, 1.82) is 0 Å². The number of rotatable bonds is 1. The van der Waals surface area contributed by atoms with E-state index in [1.807, 2.05) is 11.1 Å². The van der Waals surface area contributed by atoms with Crippen LogP contribution in [0.15, 0.2) is 11.1 Å². The maximum Gasteiger partial charge on any atom is -0.00857 e. The Morgan fingerprint density at radius 2 is 1.75 bits per heavy atom. The highest BCUT2D eigenvalue weighted by atomic mass is 14.5. The predicted molar refractivity (Wildman–Crippen MR) is 71.5 cm³/mol. The van der Waals surface area contributed by atoms with Crippen molar-refractivity contribution < 1.29 is 0 Å². The van der Waals surface area contributed by atoms with Crippen LogP contribution in [0.4, 0.5) is 0 Å². The lowest BCUT2D eigenvalue weighted by Gasteiger charge is -2.55. The lowest BCUT2D eigenvalue weighted by atomic mass is 9.50. The van der Waals surface area contributed by atoms with E-state index < -0.39 is 0 Å². The molecule has 0 bridgehead atoms. The van der Waals surface area contributed by atoms with Gasteiger partial charge in [0.15, 0.2) is 0 Å². The monoisotopic (exact) mass is 220 g/mol. The van der Waals surface area contributed by atoms with Crippen LogP contribution in [0.1, 0.15) is 73.1 Å². The molecule has 0 heterocycles. The topological polar surface area (TPSA) is 0 Å². The summed E-state index contributed by atoms with van der Waals surface area (Å²) in [6, 6.07) is 0. The van der Waals surface area contributed by atoms with Crippen molar-refractivity contribution >= 4 is 0 Å². The summed E-state index contributed by atoms with van der Waals surface area (Å²) in [6.07, 6.45) is 8.33. The fraction of sp³-hybridized carbons (Fsp3) is 0.875. The lowest BCUT2D eigenvalue weighted by molar-refractivity contribution is 0.0314. The summed E-state index contributed by atoms with van der Waals surface area (Å²) < 4.78 is 0. The standard InChI is InChI=1S/C16H28/c1-6-16(5)12(2)11-13-9-7-8-10-14(13)15(16,3)4/h12H,6-11H2,1-5H3. The van der Waals surface area contributed by atoms with Crippen LogP contribution in [0.25, 0.3) is 0 Å². The normalized spacial score (nSPS) is 38.4. The minimum atomic E-state index is 0.426. The van der Waals surface area contributed by atoms with Gasteiger partial charge >= 0.3 is 0 Å². The zero-order valence-corrected chi connectivity index (χ0v) is 11.8. The minimum Gasteiger partial charge on any atom is -0.0702 e. The van der Waals surface area contributed by atoms with Gasteiger partial charge in [-0.1, -0.05) is 45.8 Å². The molecule has 2 atom stereocenters. The van der Waals surface area contributed by atoms with E-state index in [-0.39, 0.29) is 0 Å². The maximum atomic E-state index is 2.52. The quantitative estimate of drug-likeness (QED) is 0.523. The van der Waals surface area contributed by atoms with Crippen molar-refractivity contribution in [3.63, 3.8) is 0 Å². The molecule has 0 radical (unpaired) electrons. The van der Waals surface area contributed by atoms with Gasteiger partial charge < -0.3 is 0 Å². The molecular weight excluding hydrogens is 192 g/mol. The van der Waals surface area contributed by atoms with Gasteiger partial charge in [-0.3, -0.25) is 0 Å². The van der Waals surface area contributed by atoms with Crippen LogP contribution in [-0.2, 0) is 0 Å². The van der Waals surface area contributed by atoms with Gasteiger partial charge in [-0.15, -0.1) is 0 Å². The molecule has 0 nitrogen and oxygen atoms in total. The van der Waals surface area contributed by atoms with Crippen molar-refractivity contribution in [3.8, 4) is 0 Å². The van der Waals surface area contributed by atoms with Crippen molar-refractivity contribution in [1.82, 2.24) is 0 Å². The van der Waals surface area contributed by atoms with Gasteiger partial charge in [0.1, 0.15) is 0 Å². The average Bonchev–Trinajstić information content (AvgIpc) is 2.26. The van der Waals surface area contributed by atoms with Crippen LogP contribution in [-0.4, -0.2) is 0 Å². The molecule has 2 unspecified atom stereocenters. The van der Waals surface area contributed by atoms with Crippen LogP contribution >= 0.6 is 0 Å². The first-order chi connectivity index (χ1) is 7.43. The van der Waals surface area contributed by atoms with E-state index in [2.05, 4.69) is 34.6 Å². The van der Waals surface area contributed by atoms with Crippen molar-refractivity contribution in [2.24, 2.45) is 16.7 Å². The first-order valence-electron chi connectivity index (χ1n) is 7.15. The van der Waals surface area contributed by atoms with Crippen molar-refractivity contribution in [2.75, 3.05) is 0 Å². The molecule has 0 saturated carbocycles. The average molecular weight is 220 g/mol. The second kappa shape index (κ2) is 3.89. The predicted octanol–water partition coefficient (Wildman–Crippen LogP) is 5.34. The molecule has 0 N–H and O–H groups in total. The van der Waals surface area contributed by atoms with Gasteiger partial charge in [0, 0.05) is 0 Å². The minimum absolute atomic E-state index is 0.426. The number of hydrogen-bond donors (Lipinski definition) is 0. The first kappa shape index (κ1) is 12.2. The molecule has 0 aromatic rings. The Morgan fingerprint density at radius 3 is 2.38 bits per heavy atom. The van der Waals surface area contributed by atoms with Gasteiger partial charge in [0.05, 0.1) is 0 Å². The van der Waals surface area contributed by atoms with Crippen molar-refractivity contribution in [3.05, 3.63) is 11.1 Å². The summed E-state index contributed by atoms with van der Waals surface area (Å²) in [4.78, 5) is 0. The second-order valence-electron chi connectivity index (χ2n) is 6.79. The van der Waals surface area contributed by atoms with Gasteiger partial charge in [-0.2, -0.15) is 0 Å². The molecule has 0 fully saturated rings. The van der Waals surface area contributed by atoms with Crippen LogP contribution in [0.3, 0.4) is 0 Å². The molecule has 2 aliphatic rings. The molecule has 0 aliphatic heterocycles. The molecule has 0 saturated heterocycles. The third-order valence-electron chi connectivity index (χ3n) is 6.14. The molecule has 0 aromatic carbocycles. The fourth-order valence-corrected chi connectivity index (χ4v) is 4.29. The first-order valence-corrected chi connectivity index (χ1v) is 7.15. The van der Waals surface area contributed by atoms with Crippen LogP contribution in [0.5, 0.6) is 0 Å². The second-order valence-corrected chi connectivity index (χ2v) is 6.79. The molecule has 16 heavy (non-hydrogen) atoms. The summed E-state index contributed by atoms with van der Waals surface area (Å²) in [7, 11) is 0. The lowest BCUT2D eigenvalue weighted by Crippen LogP contribution is -2.45. The van der Waals surface area contributed by atoms with E-state index in [0.29, 0.717) is 10.8 Å². The SMILES string of the molecule is CCC1(C)C(C)CC2=C(CCCC2)C1(C)C. The Hall–Kier alpha value is -0.260. The highest BCUT2D eigenvalue weighted by Crippen LogP contribution is 2.59. The zero-order chi connectivity index (χ0) is 12.0. The van der Waals surface area contributed by atoms with Gasteiger partial charge in [-0.05, 0) is 55.3 Å². The van der Waals surface area contributed by atoms with Gasteiger partial charge in [0.25, 0.3) is 0 Å². The van der Waals surface area contributed by atoms with Crippen LogP contribution in [0, 0.1) is 16.7 Å². The van der Waals surface area contributed by atoms with Gasteiger partial charge in [0.2, 0.25) is 0 Å². The molecule has 0 heteroatoms. The molecule has 2 aliphatic carbocycles. The molecule has 0 amide bonds. The Bertz CT molecular complexity index is 308. The highest BCUT2D eigenvalue weighted by molar-refractivity contribution is 5.30. The molecular formula is C16H28. The van der Waals surface area contributed by atoms with E-state index in [1.165, 1.54) is 38.5 Å². The third kappa shape index (κ3) is 1.49. The Balaban J connectivity index is 2.46. The summed E-state index contributed by atoms with van der Waals surface area (Å²) in [5.41, 5.74) is 4.59. The van der Waals surface area contributed by atoms with E-state index in [1.54, 1.807) is 0 Å². The number of hydrogen-bond acceptors (Lipinski definition) is 0. The van der Waals surface area contributed by atoms with E-state index in [4.69, 9.17) is 0 Å². The smallest absolute Gasteiger partial charge is 0.00857 e.